The van der Waals surface area contributed by atoms with E-state index >= 15 is 0 Å². The van der Waals surface area contributed by atoms with Crippen LogP contribution >= 0.6 is 0 Å². The van der Waals surface area contributed by atoms with E-state index < -0.39 is 10.0 Å². The van der Waals surface area contributed by atoms with E-state index in [2.05, 4.69) is 17.1 Å². The van der Waals surface area contributed by atoms with E-state index in [1.807, 2.05) is 48.5 Å². The van der Waals surface area contributed by atoms with Crippen LogP contribution in [0.3, 0.4) is 0 Å². The van der Waals surface area contributed by atoms with Crippen LogP contribution in [0.2, 0.25) is 0 Å². The first kappa shape index (κ1) is 17.5. The second kappa shape index (κ2) is 7.37. The molecule has 0 radical (unpaired) electrons. The molecule has 0 aliphatic heterocycles. The Labute approximate surface area is 159 Å². The first-order valence-corrected chi connectivity index (χ1v) is 10.4. The smallest absolute Gasteiger partial charge is 0.232 e. The third-order valence-electron chi connectivity index (χ3n) is 4.57. The molecule has 0 unspecified atom stereocenters. The normalized spacial score (nSPS) is 11.7. The third kappa shape index (κ3) is 3.51. The molecule has 0 bridgehead atoms. The predicted octanol–water partition coefficient (Wildman–Crippen LogP) is 4.45. The van der Waals surface area contributed by atoms with Gasteiger partial charge in [-0.15, -0.1) is 0 Å². The largest absolute Gasteiger partial charge is 0.269 e. The van der Waals surface area contributed by atoms with E-state index in [0.717, 1.165) is 12.8 Å². The molecule has 136 valence electrons. The lowest BCUT2D eigenvalue weighted by molar-refractivity contribution is 0.585. The summed E-state index contributed by atoms with van der Waals surface area (Å²) in [4.78, 5) is 4.89. The maximum absolute atomic E-state index is 13.3. The average Bonchev–Trinajstić information content (AvgIpc) is 3.08. The van der Waals surface area contributed by atoms with E-state index in [0.29, 0.717) is 23.3 Å². The van der Waals surface area contributed by atoms with Crippen molar-refractivity contribution in [1.29, 1.82) is 0 Å². The number of aryl methyl sites for hydroxylation is 2. The highest BCUT2D eigenvalue weighted by molar-refractivity contribution is 7.90. The highest BCUT2D eigenvalue weighted by Gasteiger charge is 2.23. The molecule has 0 N–H and O–H groups in total. The summed E-state index contributed by atoms with van der Waals surface area (Å²) in [5, 5.41) is 0. The number of rotatable bonds is 6. The molecule has 4 nitrogen and oxygen atoms in total. The number of fused-ring (bicyclic) bond motifs is 1. The standard InChI is InChI=1S/C22H20N2O2S/c25-27(26,19-13-5-2-6-14-19)24-21-16-8-7-15-20(21)23-22(24)17-9-12-18-10-3-1-4-11-18/h1-8,10-11,13-16H,9,12,17H2. The molecule has 0 amide bonds. The number of aromatic nitrogens is 2. The van der Waals surface area contributed by atoms with Crippen molar-refractivity contribution in [2.45, 2.75) is 24.2 Å². The van der Waals surface area contributed by atoms with Crippen LogP contribution in [0.1, 0.15) is 17.8 Å². The lowest BCUT2D eigenvalue weighted by atomic mass is 10.1. The summed E-state index contributed by atoms with van der Waals surface area (Å²) < 4.78 is 28.0. The number of imidazole rings is 1. The third-order valence-corrected chi connectivity index (χ3v) is 6.33. The van der Waals surface area contributed by atoms with E-state index in [1.54, 1.807) is 24.3 Å². The van der Waals surface area contributed by atoms with Gasteiger partial charge in [-0.3, -0.25) is 0 Å². The maximum Gasteiger partial charge on any atom is 0.269 e. The van der Waals surface area contributed by atoms with Crippen LogP contribution in [-0.4, -0.2) is 17.4 Å². The molecule has 1 aromatic heterocycles. The lowest BCUT2D eigenvalue weighted by Gasteiger charge is -2.10. The second-order valence-corrected chi connectivity index (χ2v) is 8.23. The Hall–Kier alpha value is -2.92. The summed E-state index contributed by atoms with van der Waals surface area (Å²) in [5.74, 6) is 0.580. The van der Waals surface area contributed by atoms with Crippen molar-refractivity contribution in [2.75, 3.05) is 0 Å². The summed E-state index contributed by atoms with van der Waals surface area (Å²) >= 11 is 0. The quantitative estimate of drug-likeness (QED) is 0.500. The second-order valence-electron chi connectivity index (χ2n) is 6.44. The SMILES string of the molecule is O=S(=O)(c1ccccc1)n1c(CCCc2ccccc2)nc2ccccc21. The van der Waals surface area contributed by atoms with Crippen LogP contribution in [-0.2, 0) is 22.9 Å². The highest BCUT2D eigenvalue weighted by Crippen LogP contribution is 2.24. The Morgan fingerprint density at radius 2 is 1.37 bits per heavy atom. The van der Waals surface area contributed by atoms with Gasteiger partial charge in [-0.05, 0) is 42.7 Å². The van der Waals surface area contributed by atoms with E-state index in [1.165, 1.54) is 9.54 Å². The fourth-order valence-electron chi connectivity index (χ4n) is 3.27. The van der Waals surface area contributed by atoms with Gasteiger partial charge in [0.05, 0.1) is 15.9 Å². The molecule has 27 heavy (non-hydrogen) atoms. The molecular weight excluding hydrogens is 356 g/mol. The molecule has 0 atom stereocenters. The van der Waals surface area contributed by atoms with Crippen molar-refractivity contribution in [3.05, 3.63) is 96.3 Å². The minimum absolute atomic E-state index is 0.275. The van der Waals surface area contributed by atoms with Gasteiger partial charge in [-0.1, -0.05) is 60.7 Å². The van der Waals surface area contributed by atoms with Crippen LogP contribution < -0.4 is 0 Å². The molecule has 3 aromatic carbocycles. The molecule has 0 saturated carbocycles. The van der Waals surface area contributed by atoms with Crippen molar-refractivity contribution in [3.8, 4) is 0 Å². The number of para-hydroxylation sites is 2. The van der Waals surface area contributed by atoms with Crippen LogP contribution in [0.25, 0.3) is 11.0 Å². The number of benzene rings is 3. The first-order valence-electron chi connectivity index (χ1n) is 8.97. The van der Waals surface area contributed by atoms with E-state index in [4.69, 9.17) is 0 Å². The van der Waals surface area contributed by atoms with Crippen LogP contribution in [0.15, 0.2) is 89.8 Å². The summed E-state index contributed by atoms with van der Waals surface area (Å²) in [5.41, 5.74) is 2.56. The fourth-order valence-corrected chi connectivity index (χ4v) is 4.81. The summed E-state index contributed by atoms with van der Waals surface area (Å²) in [7, 11) is -3.69. The zero-order chi connectivity index (χ0) is 18.7. The summed E-state index contributed by atoms with van der Waals surface area (Å²) in [6.07, 6.45) is 2.31. The van der Waals surface area contributed by atoms with Crippen molar-refractivity contribution in [2.24, 2.45) is 0 Å². The Balaban J connectivity index is 1.72. The molecule has 0 aliphatic carbocycles. The molecular formula is C22H20N2O2S. The van der Waals surface area contributed by atoms with Crippen LogP contribution in [0.5, 0.6) is 0 Å². The Bertz CT molecular complexity index is 1150. The van der Waals surface area contributed by atoms with Crippen LogP contribution in [0.4, 0.5) is 0 Å². The molecule has 1 heterocycles. The molecule has 0 fully saturated rings. The zero-order valence-corrected chi connectivity index (χ0v) is 15.6. The molecule has 4 aromatic rings. The van der Waals surface area contributed by atoms with Gasteiger partial charge in [0.1, 0.15) is 5.82 Å². The summed E-state index contributed by atoms with van der Waals surface area (Å²) in [6.45, 7) is 0. The predicted molar refractivity (Wildman–Crippen MR) is 107 cm³/mol. The van der Waals surface area contributed by atoms with Crippen LogP contribution in [0, 0.1) is 0 Å². The van der Waals surface area contributed by atoms with Crippen molar-refractivity contribution >= 4 is 21.1 Å². The van der Waals surface area contributed by atoms with Gasteiger partial charge in [-0.2, -0.15) is 0 Å². The lowest BCUT2D eigenvalue weighted by Crippen LogP contribution is -2.16. The monoisotopic (exact) mass is 376 g/mol. The number of hydrogen-bond acceptors (Lipinski definition) is 3. The maximum atomic E-state index is 13.3. The van der Waals surface area contributed by atoms with E-state index in [9.17, 15) is 8.42 Å². The van der Waals surface area contributed by atoms with Gasteiger partial charge < -0.3 is 0 Å². The highest BCUT2D eigenvalue weighted by atomic mass is 32.2. The number of nitrogens with zero attached hydrogens (tertiary/aromatic N) is 2. The minimum atomic E-state index is -3.69. The van der Waals surface area contributed by atoms with Crippen molar-refractivity contribution in [1.82, 2.24) is 8.96 Å². The van der Waals surface area contributed by atoms with Gasteiger partial charge in [0.2, 0.25) is 0 Å². The molecule has 4 rings (SSSR count). The van der Waals surface area contributed by atoms with E-state index in [-0.39, 0.29) is 4.90 Å². The van der Waals surface area contributed by atoms with Gasteiger partial charge in [0, 0.05) is 6.42 Å². The summed E-state index contributed by atoms with van der Waals surface area (Å²) in [6, 6.07) is 26.1. The Kier molecular flexibility index (Phi) is 4.77. The van der Waals surface area contributed by atoms with Gasteiger partial charge >= 0.3 is 0 Å². The van der Waals surface area contributed by atoms with Gasteiger partial charge in [-0.25, -0.2) is 17.4 Å². The molecule has 0 aliphatic rings. The number of hydrogen-bond donors (Lipinski definition) is 0. The van der Waals surface area contributed by atoms with Gasteiger partial charge in [0.25, 0.3) is 10.0 Å². The topological polar surface area (TPSA) is 52.0 Å². The van der Waals surface area contributed by atoms with Crippen molar-refractivity contribution < 1.29 is 8.42 Å². The molecule has 5 heteroatoms. The molecule has 0 saturated heterocycles. The zero-order valence-electron chi connectivity index (χ0n) is 14.8. The Morgan fingerprint density at radius 1 is 0.741 bits per heavy atom. The first-order chi connectivity index (χ1) is 13.2. The van der Waals surface area contributed by atoms with Gasteiger partial charge in [0.15, 0.2) is 0 Å². The average molecular weight is 376 g/mol. The Morgan fingerprint density at radius 3 is 2.11 bits per heavy atom. The fraction of sp³-hybridized carbons (Fsp3) is 0.136. The van der Waals surface area contributed by atoms with Crippen molar-refractivity contribution in [3.63, 3.8) is 0 Å². The minimum Gasteiger partial charge on any atom is -0.232 e. The molecule has 0 spiro atoms.